The third-order valence-electron chi connectivity index (χ3n) is 3.66. The van der Waals surface area contributed by atoms with Gasteiger partial charge >= 0.3 is 5.97 Å². The van der Waals surface area contributed by atoms with Crippen LogP contribution in [-0.4, -0.2) is 18.8 Å². The first-order valence-corrected chi connectivity index (χ1v) is 7.91. The highest BCUT2D eigenvalue weighted by atomic mass is 32.2. The average Bonchev–Trinajstić information content (AvgIpc) is 2.91. The molecule has 0 bridgehead atoms. The minimum atomic E-state index is -0.338. The number of esters is 1. The number of carbonyl (C=O) groups excluding carboxylic acids is 1. The molecule has 0 unspecified atom stereocenters. The van der Waals surface area contributed by atoms with Crippen LogP contribution >= 0.6 is 11.8 Å². The second kappa shape index (κ2) is 6.85. The number of nitrogens with two attached hydrogens (primary N) is 1. The van der Waals surface area contributed by atoms with Crippen LogP contribution in [0.2, 0.25) is 0 Å². The van der Waals surface area contributed by atoms with Crippen molar-refractivity contribution in [3.8, 4) is 0 Å². The van der Waals surface area contributed by atoms with Crippen molar-refractivity contribution in [2.24, 2.45) is 5.92 Å². The number of anilines is 1. The first kappa shape index (κ1) is 14.3. The first-order valence-electron chi connectivity index (χ1n) is 6.75. The van der Waals surface area contributed by atoms with Gasteiger partial charge in [-0.05, 0) is 36.1 Å². The molecule has 0 heterocycles. The van der Waals surface area contributed by atoms with Gasteiger partial charge in [0, 0.05) is 11.4 Å². The van der Waals surface area contributed by atoms with Gasteiger partial charge in [-0.25, -0.2) is 4.79 Å². The SMILES string of the molecule is COC(=O)c1c(N)cccc1CSCC1CCCC1. The average molecular weight is 279 g/mol. The molecule has 104 valence electrons. The lowest BCUT2D eigenvalue weighted by Gasteiger charge is -2.12. The third kappa shape index (κ3) is 3.66. The van der Waals surface area contributed by atoms with Gasteiger partial charge in [0.1, 0.15) is 0 Å². The zero-order chi connectivity index (χ0) is 13.7. The smallest absolute Gasteiger partial charge is 0.340 e. The molecule has 4 heteroatoms. The number of benzene rings is 1. The number of rotatable bonds is 5. The Hall–Kier alpha value is -1.16. The lowest BCUT2D eigenvalue weighted by Crippen LogP contribution is -2.09. The van der Waals surface area contributed by atoms with Crippen LogP contribution in [0, 0.1) is 5.92 Å². The van der Waals surface area contributed by atoms with E-state index >= 15 is 0 Å². The van der Waals surface area contributed by atoms with Gasteiger partial charge in [-0.15, -0.1) is 0 Å². The van der Waals surface area contributed by atoms with Crippen LogP contribution in [0.3, 0.4) is 0 Å². The molecule has 1 fully saturated rings. The molecule has 0 spiro atoms. The maximum absolute atomic E-state index is 11.8. The van der Waals surface area contributed by atoms with E-state index < -0.39 is 0 Å². The molecule has 0 saturated heterocycles. The monoisotopic (exact) mass is 279 g/mol. The second-order valence-electron chi connectivity index (χ2n) is 5.04. The minimum Gasteiger partial charge on any atom is -0.465 e. The number of nitrogen functional groups attached to an aromatic ring is 1. The van der Waals surface area contributed by atoms with Crippen LogP contribution in [0.25, 0.3) is 0 Å². The van der Waals surface area contributed by atoms with Crippen molar-refractivity contribution in [3.63, 3.8) is 0 Å². The predicted molar refractivity (Wildman–Crippen MR) is 80.3 cm³/mol. The van der Waals surface area contributed by atoms with Gasteiger partial charge in [-0.3, -0.25) is 0 Å². The largest absolute Gasteiger partial charge is 0.465 e. The van der Waals surface area contributed by atoms with Gasteiger partial charge in [0.2, 0.25) is 0 Å². The standard InChI is InChI=1S/C15H21NO2S/c1-18-15(17)14-12(7-4-8-13(14)16)10-19-9-11-5-2-3-6-11/h4,7-8,11H,2-3,5-6,9-10,16H2,1H3. The fraction of sp³-hybridized carbons (Fsp3) is 0.533. The second-order valence-corrected chi connectivity index (χ2v) is 6.07. The molecule has 1 aromatic rings. The van der Waals surface area contributed by atoms with E-state index in [9.17, 15) is 4.79 Å². The Morgan fingerprint density at radius 2 is 2.16 bits per heavy atom. The van der Waals surface area contributed by atoms with Gasteiger partial charge in [-0.1, -0.05) is 25.0 Å². The summed E-state index contributed by atoms with van der Waals surface area (Å²) in [4.78, 5) is 11.8. The Morgan fingerprint density at radius 1 is 1.42 bits per heavy atom. The molecule has 0 aliphatic heterocycles. The zero-order valence-electron chi connectivity index (χ0n) is 11.4. The van der Waals surface area contributed by atoms with Gasteiger partial charge < -0.3 is 10.5 Å². The van der Waals surface area contributed by atoms with Crippen molar-refractivity contribution >= 4 is 23.4 Å². The highest BCUT2D eigenvalue weighted by Crippen LogP contribution is 2.30. The molecular weight excluding hydrogens is 258 g/mol. The van der Waals surface area contributed by atoms with Gasteiger partial charge in [-0.2, -0.15) is 11.8 Å². The Bertz CT molecular complexity index is 442. The van der Waals surface area contributed by atoms with E-state index in [0.717, 1.165) is 17.2 Å². The topological polar surface area (TPSA) is 52.3 Å². The molecule has 1 aromatic carbocycles. The Morgan fingerprint density at radius 3 is 2.84 bits per heavy atom. The van der Waals surface area contributed by atoms with E-state index in [1.54, 1.807) is 6.07 Å². The Labute approximate surface area is 118 Å². The maximum atomic E-state index is 11.8. The maximum Gasteiger partial charge on any atom is 0.340 e. The summed E-state index contributed by atoms with van der Waals surface area (Å²) in [6.07, 6.45) is 5.45. The number of hydrogen-bond donors (Lipinski definition) is 1. The molecule has 1 aliphatic carbocycles. The lowest BCUT2D eigenvalue weighted by molar-refractivity contribution is 0.0601. The number of carbonyl (C=O) groups is 1. The molecule has 0 aromatic heterocycles. The molecule has 19 heavy (non-hydrogen) atoms. The molecule has 1 saturated carbocycles. The Kier molecular flexibility index (Phi) is 5.14. The van der Waals surface area contributed by atoms with Crippen LogP contribution in [0.15, 0.2) is 18.2 Å². The molecule has 2 N–H and O–H groups in total. The summed E-state index contributed by atoms with van der Waals surface area (Å²) in [5.74, 6) is 2.52. The Balaban J connectivity index is 1.98. The molecule has 3 nitrogen and oxygen atoms in total. The van der Waals surface area contributed by atoms with Crippen LogP contribution in [0.1, 0.15) is 41.6 Å². The lowest BCUT2D eigenvalue weighted by atomic mass is 10.1. The van der Waals surface area contributed by atoms with Crippen molar-refractivity contribution < 1.29 is 9.53 Å². The molecule has 0 atom stereocenters. The summed E-state index contributed by atoms with van der Waals surface area (Å²) in [5.41, 5.74) is 7.90. The summed E-state index contributed by atoms with van der Waals surface area (Å²) in [7, 11) is 1.39. The summed E-state index contributed by atoms with van der Waals surface area (Å²) >= 11 is 1.89. The van der Waals surface area contributed by atoms with E-state index in [2.05, 4.69) is 0 Å². The predicted octanol–water partition coefficient (Wildman–Crippen LogP) is 3.48. The summed E-state index contributed by atoms with van der Waals surface area (Å²) in [5, 5.41) is 0. The number of hydrogen-bond acceptors (Lipinski definition) is 4. The first-order chi connectivity index (χ1) is 9.22. The number of methoxy groups -OCH3 is 1. The van der Waals surface area contributed by atoms with Crippen molar-refractivity contribution in [3.05, 3.63) is 29.3 Å². The zero-order valence-corrected chi connectivity index (χ0v) is 12.2. The van der Waals surface area contributed by atoms with Crippen LogP contribution < -0.4 is 5.73 Å². The normalized spacial score (nSPS) is 15.6. The van der Waals surface area contributed by atoms with Gasteiger partial charge in [0.25, 0.3) is 0 Å². The van der Waals surface area contributed by atoms with E-state index in [1.807, 2.05) is 23.9 Å². The number of thioether (sulfide) groups is 1. The van der Waals surface area contributed by atoms with Crippen LogP contribution in [-0.2, 0) is 10.5 Å². The van der Waals surface area contributed by atoms with Crippen molar-refractivity contribution in [2.45, 2.75) is 31.4 Å². The summed E-state index contributed by atoms with van der Waals surface area (Å²) < 4.78 is 4.81. The van der Waals surface area contributed by atoms with Crippen molar-refractivity contribution in [1.82, 2.24) is 0 Å². The van der Waals surface area contributed by atoms with Crippen LogP contribution in [0.4, 0.5) is 5.69 Å². The fourth-order valence-electron chi connectivity index (χ4n) is 2.60. The fourth-order valence-corrected chi connectivity index (χ4v) is 3.85. The molecule has 0 radical (unpaired) electrons. The van der Waals surface area contributed by atoms with Gasteiger partial charge in [0.15, 0.2) is 0 Å². The van der Waals surface area contributed by atoms with Crippen molar-refractivity contribution in [1.29, 1.82) is 0 Å². The highest BCUT2D eigenvalue weighted by molar-refractivity contribution is 7.98. The van der Waals surface area contributed by atoms with E-state index in [-0.39, 0.29) is 5.97 Å². The summed E-state index contributed by atoms with van der Waals surface area (Å²) in [6.45, 7) is 0. The molecular formula is C15H21NO2S. The highest BCUT2D eigenvalue weighted by Gasteiger charge is 2.17. The van der Waals surface area contributed by atoms with E-state index in [1.165, 1.54) is 38.5 Å². The minimum absolute atomic E-state index is 0.338. The van der Waals surface area contributed by atoms with E-state index in [0.29, 0.717) is 11.3 Å². The quantitative estimate of drug-likeness (QED) is 0.662. The molecule has 2 rings (SSSR count). The number of ether oxygens (including phenoxy) is 1. The van der Waals surface area contributed by atoms with Gasteiger partial charge in [0.05, 0.1) is 12.7 Å². The van der Waals surface area contributed by atoms with Crippen LogP contribution in [0.5, 0.6) is 0 Å². The van der Waals surface area contributed by atoms with Crippen molar-refractivity contribution in [2.75, 3.05) is 18.6 Å². The van der Waals surface area contributed by atoms with E-state index in [4.69, 9.17) is 10.5 Å². The molecule has 1 aliphatic rings. The summed E-state index contributed by atoms with van der Waals surface area (Å²) in [6, 6.07) is 5.61. The molecule has 0 amide bonds. The third-order valence-corrected chi connectivity index (χ3v) is 4.88.